The summed E-state index contributed by atoms with van der Waals surface area (Å²) < 4.78 is 6.03. The molecule has 3 nitrogen and oxygen atoms in total. The van der Waals surface area contributed by atoms with E-state index in [9.17, 15) is 0 Å². The van der Waals surface area contributed by atoms with Crippen molar-refractivity contribution < 1.29 is 4.74 Å². The second-order valence-corrected chi connectivity index (χ2v) is 4.34. The van der Waals surface area contributed by atoms with Gasteiger partial charge in [-0.25, -0.2) is 0 Å². The minimum absolute atomic E-state index is 0.142. The number of nitrogens with zero attached hydrogens (tertiary/aromatic N) is 2. The van der Waals surface area contributed by atoms with Crippen LogP contribution in [0.1, 0.15) is 30.4 Å². The standard InChI is InChI=1S/C7H9ClN2OS/c8-7-10-9-6(12-7)5-3-1-2-4-11-5/h5H,1-4H2. The molecule has 66 valence electrons. The number of halogens is 1. The predicted molar refractivity (Wildman–Crippen MR) is 47.5 cm³/mol. The van der Waals surface area contributed by atoms with Crippen LogP contribution in [0.3, 0.4) is 0 Å². The van der Waals surface area contributed by atoms with Gasteiger partial charge in [-0.2, -0.15) is 0 Å². The molecule has 1 fully saturated rings. The predicted octanol–water partition coefficient (Wildman–Crippen LogP) is 2.43. The first kappa shape index (κ1) is 8.41. The molecule has 1 aliphatic rings. The molecule has 0 saturated carbocycles. The molecule has 1 unspecified atom stereocenters. The smallest absolute Gasteiger partial charge is 0.207 e. The highest BCUT2D eigenvalue weighted by Crippen LogP contribution is 2.30. The highest BCUT2D eigenvalue weighted by atomic mass is 35.5. The van der Waals surface area contributed by atoms with Gasteiger partial charge in [-0.1, -0.05) is 11.3 Å². The molecule has 1 aliphatic heterocycles. The Hall–Kier alpha value is -0.190. The zero-order chi connectivity index (χ0) is 8.39. The third-order valence-electron chi connectivity index (χ3n) is 1.87. The van der Waals surface area contributed by atoms with Gasteiger partial charge in [0.25, 0.3) is 0 Å². The summed E-state index contributed by atoms with van der Waals surface area (Å²) in [6.07, 6.45) is 3.56. The van der Waals surface area contributed by atoms with E-state index in [0.29, 0.717) is 4.47 Å². The molecule has 1 aromatic rings. The maximum absolute atomic E-state index is 5.67. The average Bonchev–Trinajstić information content (AvgIpc) is 2.54. The Labute approximate surface area is 79.7 Å². The number of ether oxygens (including phenoxy) is 1. The minimum Gasteiger partial charge on any atom is -0.371 e. The molecule has 0 N–H and O–H groups in total. The first-order chi connectivity index (χ1) is 5.86. The fourth-order valence-corrected chi connectivity index (χ4v) is 2.21. The Morgan fingerprint density at radius 3 is 2.92 bits per heavy atom. The topological polar surface area (TPSA) is 35.0 Å². The fraction of sp³-hybridized carbons (Fsp3) is 0.714. The van der Waals surface area contributed by atoms with E-state index in [2.05, 4.69) is 10.2 Å². The van der Waals surface area contributed by atoms with E-state index in [-0.39, 0.29) is 6.10 Å². The Kier molecular flexibility index (Phi) is 2.58. The van der Waals surface area contributed by atoms with Gasteiger partial charge in [0, 0.05) is 6.61 Å². The summed E-state index contributed by atoms with van der Waals surface area (Å²) in [5.41, 5.74) is 0. The van der Waals surface area contributed by atoms with E-state index in [1.165, 1.54) is 17.8 Å². The van der Waals surface area contributed by atoms with Gasteiger partial charge in [-0.15, -0.1) is 10.2 Å². The van der Waals surface area contributed by atoms with Crippen LogP contribution in [-0.4, -0.2) is 16.8 Å². The van der Waals surface area contributed by atoms with Crippen LogP contribution in [0.15, 0.2) is 0 Å². The SMILES string of the molecule is Clc1nnc(C2CCCCO2)s1. The van der Waals surface area contributed by atoms with Crippen LogP contribution in [0, 0.1) is 0 Å². The van der Waals surface area contributed by atoms with E-state index < -0.39 is 0 Å². The van der Waals surface area contributed by atoms with Gasteiger partial charge in [-0.05, 0) is 30.9 Å². The Morgan fingerprint density at radius 1 is 1.42 bits per heavy atom. The number of hydrogen-bond donors (Lipinski definition) is 0. The monoisotopic (exact) mass is 204 g/mol. The van der Waals surface area contributed by atoms with Crippen LogP contribution in [0.4, 0.5) is 0 Å². The molecule has 0 aromatic carbocycles. The van der Waals surface area contributed by atoms with Crippen molar-refractivity contribution in [2.45, 2.75) is 25.4 Å². The zero-order valence-corrected chi connectivity index (χ0v) is 8.07. The Balaban J connectivity index is 2.08. The quantitative estimate of drug-likeness (QED) is 0.705. The molecule has 1 atom stereocenters. The summed E-state index contributed by atoms with van der Waals surface area (Å²) in [7, 11) is 0. The molecule has 0 aliphatic carbocycles. The summed E-state index contributed by atoms with van der Waals surface area (Å²) >= 11 is 7.08. The van der Waals surface area contributed by atoms with Gasteiger partial charge >= 0.3 is 0 Å². The first-order valence-electron chi connectivity index (χ1n) is 3.97. The molecule has 0 radical (unpaired) electrons. The molecule has 1 aromatic heterocycles. The van der Waals surface area contributed by atoms with Crippen LogP contribution in [0.2, 0.25) is 4.47 Å². The lowest BCUT2D eigenvalue weighted by molar-refractivity contribution is 0.0144. The van der Waals surface area contributed by atoms with Gasteiger partial charge in [0.05, 0.1) is 0 Å². The van der Waals surface area contributed by atoms with Crippen molar-refractivity contribution in [2.24, 2.45) is 0 Å². The van der Waals surface area contributed by atoms with Crippen molar-refractivity contribution >= 4 is 22.9 Å². The van der Waals surface area contributed by atoms with Crippen molar-refractivity contribution in [1.29, 1.82) is 0 Å². The number of aromatic nitrogens is 2. The van der Waals surface area contributed by atoms with E-state index in [0.717, 1.165) is 24.5 Å². The van der Waals surface area contributed by atoms with Crippen LogP contribution in [-0.2, 0) is 4.74 Å². The van der Waals surface area contributed by atoms with Crippen molar-refractivity contribution in [3.8, 4) is 0 Å². The lowest BCUT2D eigenvalue weighted by Gasteiger charge is -2.19. The van der Waals surface area contributed by atoms with E-state index in [1.807, 2.05) is 0 Å². The molecule has 2 rings (SSSR count). The highest BCUT2D eigenvalue weighted by Gasteiger charge is 2.19. The molecule has 1 saturated heterocycles. The molecular weight excluding hydrogens is 196 g/mol. The third-order valence-corrected chi connectivity index (χ3v) is 2.98. The van der Waals surface area contributed by atoms with Crippen LogP contribution in [0.5, 0.6) is 0 Å². The second kappa shape index (κ2) is 3.68. The van der Waals surface area contributed by atoms with E-state index >= 15 is 0 Å². The molecule has 0 amide bonds. The summed E-state index contributed by atoms with van der Waals surface area (Å²) in [5.74, 6) is 0. The van der Waals surface area contributed by atoms with Crippen molar-refractivity contribution in [2.75, 3.05) is 6.61 Å². The first-order valence-corrected chi connectivity index (χ1v) is 5.16. The minimum atomic E-state index is 0.142. The number of hydrogen-bond acceptors (Lipinski definition) is 4. The van der Waals surface area contributed by atoms with Gasteiger partial charge in [0.1, 0.15) is 11.1 Å². The molecule has 2 heterocycles. The van der Waals surface area contributed by atoms with Crippen LogP contribution in [0.25, 0.3) is 0 Å². The second-order valence-electron chi connectivity index (χ2n) is 2.75. The number of rotatable bonds is 1. The third kappa shape index (κ3) is 1.76. The van der Waals surface area contributed by atoms with Crippen molar-refractivity contribution in [3.63, 3.8) is 0 Å². The van der Waals surface area contributed by atoms with Gasteiger partial charge < -0.3 is 4.74 Å². The van der Waals surface area contributed by atoms with Crippen LogP contribution >= 0.6 is 22.9 Å². The average molecular weight is 205 g/mol. The summed E-state index contributed by atoms with van der Waals surface area (Å²) in [4.78, 5) is 0. The largest absolute Gasteiger partial charge is 0.371 e. The highest BCUT2D eigenvalue weighted by molar-refractivity contribution is 7.15. The maximum atomic E-state index is 5.67. The van der Waals surface area contributed by atoms with E-state index in [1.54, 1.807) is 0 Å². The Morgan fingerprint density at radius 2 is 2.33 bits per heavy atom. The van der Waals surface area contributed by atoms with Crippen LogP contribution < -0.4 is 0 Å². The van der Waals surface area contributed by atoms with Crippen molar-refractivity contribution in [1.82, 2.24) is 10.2 Å². The van der Waals surface area contributed by atoms with E-state index in [4.69, 9.17) is 16.3 Å². The van der Waals surface area contributed by atoms with Gasteiger partial charge in [-0.3, -0.25) is 0 Å². The molecule has 12 heavy (non-hydrogen) atoms. The summed E-state index contributed by atoms with van der Waals surface area (Å²) in [5, 5.41) is 8.61. The fourth-order valence-electron chi connectivity index (χ4n) is 1.28. The van der Waals surface area contributed by atoms with Crippen molar-refractivity contribution in [3.05, 3.63) is 9.47 Å². The van der Waals surface area contributed by atoms with Gasteiger partial charge in [0.2, 0.25) is 4.47 Å². The Bertz CT molecular complexity index is 260. The maximum Gasteiger partial charge on any atom is 0.207 e. The molecule has 0 bridgehead atoms. The van der Waals surface area contributed by atoms with Gasteiger partial charge in [0.15, 0.2) is 0 Å². The normalized spacial score (nSPS) is 24.2. The molecular formula is C7H9ClN2OS. The lowest BCUT2D eigenvalue weighted by atomic mass is 10.1. The molecule has 0 spiro atoms. The summed E-state index contributed by atoms with van der Waals surface area (Å²) in [6, 6.07) is 0. The molecule has 5 heteroatoms. The summed E-state index contributed by atoms with van der Waals surface area (Å²) in [6.45, 7) is 0.835. The lowest BCUT2D eigenvalue weighted by Crippen LogP contribution is -2.11. The zero-order valence-electron chi connectivity index (χ0n) is 6.49.